The molecular weight excluding hydrogens is 278 g/mol. The van der Waals surface area contributed by atoms with Crippen LogP contribution in [0.4, 0.5) is 5.69 Å². The van der Waals surface area contributed by atoms with Crippen molar-refractivity contribution in [2.45, 2.75) is 25.3 Å². The van der Waals surface area contributed by atoms with Crippen LogP contribution < -0.4 is 15.4 Å². The average Bonchev–Trinajstić information content (AvgIpc) is 3.01. The van der Waals surface area contributed by atoms with Gasteiger partial charge in [-0.15, -0.1) is 0 Å². The molecule has 1 aliphatic carbocycles. The highest BCUT2D eigenvalue weighted by molar-refractivity contribution is 5.79. The van der Waals surface area contributed by atoms with Crippen LogP contribution in [0.5, 0.6) is 5.75 Å². The van der Waals surface area contributed by atoms with Crippen molar-refractivity contribution >= 4 is 11.6 Å². The number of hydrogen-bond acceptors (Lipinski definition) is 4. The van der Waals surface area contributed by atoms with E-state index in [1.807, 2.05) is 23.1 Å². The van der Waals surface area contributed by atoms with Gasteiger partial charge in [0, 0.05) is 49.9 Å². The topological polar surface area (TPSA) is 58.8 Å². The minimum atomic E-state index is 0.151. The summed E-state index contributed by atoms with van der Waals surface area (Å²) in [4.78, 5) is 16.8. The average molecular weight is 303 g/mol. The summed E-state index contributed by atoms with van der Waals surface area (Å²) >= 11 is 0. The third-order valence-corrected chi connectivity index (χ3v) is 4.83. The van der Waals surface area contributed by atoms with Gasteiger partial charge in [-0.2, -0.15) is 0 Å². The molecule has 2 N–H and O–H groups in total. The van der Waals surface area contributed by atoms with E-state index in [9.17, 15) is 4.79 Å². The van der Waals surface area contributed by atoms with Crippen molar-refractivity contribution in [1.82, 2.24) is 4.90 Å². The molecule has 0 aromatic heterocycles. The molecule has 2 fully saturated rings. The molecule has 0 unspecified atom stereocenters. The molecule has 3 rings (SSSR count). The van der Waals surface area contributed by atoms with Gasteiger partial charge in [0.25, 0.3) is 0 Å². The second-order valence-electron chi connectivity index (χ2n) is 6.28. The lowest BCUT2D eigenvalue weighted by Gasteiger charge is -2.37. The number of benzene rings is 1. The minimum Gasteiger partial charge on any atom is -0.497 e. The molecule has 1 saturated heterocycles. The van der Waals surface area contributed by atoms with E-state index in [0.717, 1.165) is 56.9 Å². The Kier molecular flexibility index (Phi) is 4.52. The van der Waals surface area contributed by atoms with Gasteiger partial charge in [0.15, 0.2) is 0 Å². The first kappa shape index (κ1) is 15.2. The Hall–Kier alpha value is -1.75. The van der Waals surface area contributed by atoms with Crippen molar-refractivity contribution in [3.05, 3.63) is 24.3 Å². The largest absolute Gasteiger partial charge is 0.497 e. The molecule has 1 aliphatic heterocycles. The summed E-state index contributed by atoms with van der Waals surface area (Å²) < 4.78 is 5.28. The first-order chi connectivity index (χ1) is 10.7. The van der Waals surface area contributed by atoms with Crippen LogP contribution in [-0.2, 0) is 4.79 Å². The molecule has 0 spiro atoms. The molecule has 1 aromatic carbocycles. The predicted molar refractivity (Wildman–Crippen MR) is 87.1 cm³/mol. The minimum absolute atomic E-state index is 0.151. The number of ether oxygens (including phenoxy) is 1. The van der Waals surface area contributed by atoms with Gasteiger partial charge >= 0.3 is 0 Å². The number of piperazine rings is 1. The zero-order valence-electron chi connectivity index (χ0n) is 13.2. The van der Waals surface area contributed by atoms with E-state index in [1.165, 1.54) is 0 Å². The number of carbonyl (C=O) groups excluding carboxylic acids is 1. The van der Waals surface area contributed by atoms with Crippen molar-refractivity contribution in [3.8, 4) is 5.75 Å². The van der Waals surface area contributed by atoms with Gasteiger partial charge in [-0.1, -0.05) is 6.07 Å². The van der Waals surface area contributed by atoms with E-state index in [0.29, 0.717) is 5.91 Å². The van der Waals surface area contributed by atoms with Crippen LogP contribution in [0.25, 0.3) is 0 Å². The van der Waals surface area contributed by atoms with Crippen molar-refractivity contribution in [2.75, 3.05) is 38.2 Å². The Morgan fingerprint density at radius 2 is 2.00 bits per heavy atom. The normalized spacial score (nSPS) is 25.4. The predicted octanol–water partition coefficient (Wildman–Crippen LogP) is 1.47. The lowest BCUT2D eigenvalue weighted by molar-refractivity contribution is -0.135. The van der Waals surface area contributed by atoms with Crippen LogP contribution >= 0.6 is 0 Å². The highest BCUT2D eigenvalue weighted by Gasteiger charge is 2.32. The van der Waals surface area contributed by atoms with Crippen LogP contribution in [0.2, 0.25) is 0 Å². The van der Waals surface area contributed by atoms with Crippen LogP contribution in [-0.4, -0.2) is 50.1 Å². The highest BCUT2D eigenvalue weighted by atomic mass is 16.5. The summed E-state index contributed by atoms with van der Waals surface area (Å²) in [5.41, 5.74) is 7.09. The molecule has 0 radical (unpaired) electrons. The van der Waals surface area contributed by atoms with E-state index < -0.39 is 0 Å². The number of nitrogens with zero attached hydrogens (tertiary/aromatic N) is 2. The molecule has 1 aromatic rings. The van der Waals surface area contributed by atoms with Gasteiger partial charge in [-0.3, -0.25) is 4.79 Å². The number of nitrogens with two attached hydrogens (primary N) is 1. The Bertz CT molecular complexity index is 526. The fourth-order valence-electron chi connectivity index (χ4n) is 3.49. The van der Waals surface area contributed by atoms with Crippen molar-refractivity contribution in [2.24, 2.45) is 11.7 Å². The molecule has 5 nitrogen and oxygen atoms in total. The number of methoxy groups -OCH3 is 1. The van der Waals surface area contributed by atoms with Crippen LogP contribution in [0.3, 0.4) is 0 Å². The van der Waals surface area contributed by atoms with Crippen molar-refractivity contribution < 1.29 is 9.53 Å². The van der Waals surface area contributed by atoms with Crippen LogP contribution in [0, 0.1) is 5.92 Å². The first-order valence-corrected chi connectivity index (χ1v) is 8.10. The summed E-state index contributed by atoms with van der Waals surface area (Å²) in [6.45, 7) is 3.33. The molecule has 1 amide bonds. The molecule has 0 bridgehead atoms. The fourth-order valence-corrected chi connectivity index (χ4v) is 3.49. The standard InChI is InChI=1S/C17H25N3O2/c1-22-16-4-2-3-15(12-16)19-7-9-20(10-8-19)17(21)13-5-6-14(18)11-13/h2-4,12-14H,5-11,18H2,1H3/t13-,14-/m0/s1. The summed E-state index contributed by atoms with van der Waals surface area (Å²) in [6, 6.07) is 8.31. The number of carbonyl (C=O) groups is 1. The maximum atomic E-state index is 12.5. The molecule has 2 aliphatic rings. The molecule has 5 heteroatoms. The molecule has 22 heavy (non-hydrogen) atoms. The maximum absolute atomic E-state index is 12.5. The summed E-state index contributed by atoms with van der Waals surface area (Å²) in [5, 5.41) is 0. The zero-order valence-corrected chi connectivity index (χ0v) is 13.2. The summed E-state index contributed by atoms with van der Waals surface area (Å²) in [7, 11) is 1.68. The Labute approximate surface area is 132 Å². The Morgan fingerprint density at radius 3 is 2.64 bits per heavy atom. The zero-order chi connectivity index (χ0) is 15.5. The number of hydrogen-bond donors (Lipinski definition) is 1. The third kappa shape index (κ3) is 3.19. The third-order valence-electron chi connectivity index (χ3n) is 4.83. The summed E-state index contributed by atoms with van der Waals surface area (Å²) in [5.74, 6) is 1.33. The highest BCUT2D eigenvalue weighted by Crippen LogP contribution is 2.27. The van der Waals surface area contributed by atoms with Gasteiger partial charge in [-0.05, 0) is 31.4 Å². The van der Waals surface area contributed by atoms with E-state index in [4.69, 9.17) is 10.5 Å². The van der Waals surface area contributed by atoms with Gasteiger partial charge in [0.05, 0.1) is 7.11 Å². The second-order valence-corrected chi connectivity index (χ2v) is 6.28. The lowest BCUT2D eigenvalue weighted by atomic mass is 10.1. The van der Waals surface area contributed by atoms with E-state index in [2.05, 4.69) is 11.0 Å². The monoisotopic (exact) mass is 303 g/mol. The SMILES string of the molecule is COc1cccc(N2CCN(C(=O)[C@H]3CC[C@H](N)C3)CC2)c1. The number of anilines is 1. The fraction of sp³-hybridized carbons (Fsp3) is 0.588. The Balaban J connectivity index is 1.56. The second kappa shape index (κ2) is 6.57. The van der Waals surface area contributed by atoms with E-state index >= 15 is 0 Å². The summed E-state index contributed by atoms with van der Waals surface area (Å²) in [6.07, 6.45) is 2.80. The lowest BCUT2D eigenvalue weighted by Crippen LogP contribution is -2.50. The molecular formula is C17H25N3O2. The van der Waals surface area contributed by atoms with Gasteiger partial charge < -0.3 is 20.3 Å². The van der Waals surface area contributed by atoms with Crippen molar-refractivity contribution in [3.63, 3.8) is 0 Å². The maximum Gasteiger partial charge on any atom is 0.225 e. The molecule has 1 saturated carbocycles. The smallest absolute Gasteiger partial charge is 0.225 e. The van der Waals surface area contributed by atoms with Gasteiger partial charge in [0.2, 0.25) is 5.91 Å². The van der Waals surface area contributed by atoms with Crippen LogP contribution in [0.1, 0.15) is 19.3 Å². The first-order valence-electron chi connectivity index (χ1n) is 8.10. The molecule has 1 heterocycles. The van der Waals surface area contributed by atoms with Crippen molar-refractivity contribution in [1.29, 1.82) is 0 Å². The Morgan fingerprint density at radius 1 is 1.23 bits per heavy atom. The molecule has 2 atom stereocenters. The number of rotatable bonds is 3. The number of amides is 1. The van der Waals surface area contributed by atoms with Gasteiger partial charge in [0.1, 0.15) is 5.75 Å². The van der Waals surface area contributed by atoms with E-state index in [-0.39, 0.29) is 12.0 Å². The van der Waals surface area contributed by atoms with Crippen LogP contribution in [0.15, 0.2) is 24.3 Å². The van der Waals surface area contributed by atoms with E-state index in [1.54, 1.807) is 7.11 Å². The molecule has 120 valence electrons. The van der Waals surface area contributed by atoms with Gasteiger partial charge in [-0.25, -0.2) is 0 Å². The quantitative estimate of drug-likeness (QED) is 0.919.